The lowest BCUT2D eigenvalue weighted by Gasteiger charge is -2.23. The molecule has 1 amide bonds. The van der Waals surface area contributed by atoms with Gasteiger partial charge in [-0.2, -0.15) is 0 Å². The summed E-state index contributed by atoms with van der Waals surface area (Å²) in [7, 11) is 0. The van der Waals surface area contributed by atoms with Crippen molar-refractivity contribution in [2.45, 2.75) is 18.6 Å². The smallest absolute Gasteiger partial charge is 0.264 e. The van der Waals surface area contributed by atoms with E-state index in [0.29, 0.717) is 11.3 Å². The van der Waals surface area contributed by atoms with Crippen molar-refractivity contribution in [2.24, 2.45) is 0 Å². The maximum absolute atomic E-state index is 14.1. The molecule has 0 spiro atoms. The molecule has 0 radical (unpaired) electrons. The SMILES string of the molecule is O=C(C[C@@]1(O)C(=O)N(Cc2ccccc2F)c2ccccc21)c1ccc(F)cc1. The fourth-order valence-electron chi connectivity index (χ4n) is 3.60. The van der Waals surface area contributed by atoms with Crippen LogP contribution in [-0.2, 0) is 16.9 Å². The molecule has 4 nitrogen and oxygen atoms in total. The molecule has 3 aromatic rings. The van der Waals surface area contributed by atoms with Crippen molar-refractivity contribution < 1.29 is 23.5 Å². The number of amides is 1. The highest BCUT2D eigenvalue weighted by Crippen LogP contribution is 2.43. The van der Waals surface area contributed by atoms with E-state index in [1.54, 1.807) is 42.5 Å². The lowest BCUT2D eigenvalue weighted by molar-refractivity contribution is -0.136. The molecule has 6 heteroatoms. The molecular weight excluding hydrogens is 376 g/mol. The third kappa shape index (κ3) is 3.32. The lowest BCUT2D eigenvalue weighted by atomic mass is 9.88. The maximum atomic E-state index is 14.1. The molecule has 0 aliphatic carbocycles. The highest BCUT2D eigenvalue weighted by atomic mass is 19.1. The van der Waals surface area contributed by atoms with Crippen molar-refractivity contribution in [1.82, 2.24) is 0 Å². The Morgan fingerprint density at radius 2 is 1.59 bits per heavy atom. The molecule has 0 bridgehead atoms. The average Bonchev–Trinajstić information content (AvgIpc) is 2.92. The van der Waals surface area contributed by atoms with Crippen LogP contribution in [0.4, 0.5) is 14.5 Å². The Balaban J connectivity index is 1.69. The molecule has 1 aliphatic heterocycles. The van der Waals surface area contributed by atoms with Gasteiger partial charge in [-0.3, -0.25) is 9.59 Å². The molecule has 1 N–H and O–H groups in total. The third-order valence-electron chi connectivity index (χ3n) is 5.11. The Bertz CT molecular complexity index is 1100. The summed E-state index contributed by atoms with van der Waals surface area (Å²) < 4.78 is 27.2. The largest absolute Gasteiger partial charge is 0.375 e. The summed E-state index contributed by atoms with van der Waals surface area (Å²) in [6.07, 6.45) is -0.498. The molecule has 3 aromatic carbocycles. The van der Waals surface area contributed by atoms with Crippen LogP contribution in [0.5, 0.6) is 0 Å². The molecule has 0 fully saturated rings. The number of rotatable bonds is 5. The highest BCUT2D eigenvalue weighted by molar-refractivity contribution is 6.10. The number of nitrogens with zero attached hydrogens (tertiary/aromatic N) is 1. The van der Waals surface area contributed by atoms with Crippen molar-refractivity contribution >= 4 is 17.4 Å². The van der Waals surface area contributed by atoms with E-state index in [2.05, 4.69) is 0 Å². The fourth-order valence-corrected chi connectivity index (χ4v) is 3.60. The normalized spacial score (nSPS) is 18.0. The minimum Gasteiger partial charge on any atom is -0.375 e. The average molecular weight is 393 g/mol. The summed E-state index contributed by atoms with van der Waals surface area (Å²) in [5, 5.41) is 11.2. The van der Waals surface area contributed by atoms with Crippen LogP contribution in [0, 0.1) is 11.6 Å². The molecule has 4 rings (SSSR count). The van der Waals surface area contributed by atoms with Crippen molar-refractivity contribution in [3.63, 3.8) is 0 Å². The molecule has 0 saturated heterocycles. The monoisotopic (exact) mass is 393 g/mol. The molecular formula is C23H17F2NO3. The molecule has 0 unspecified atom stereocenters. The number of benzene rings is 3. The summed E-state index contributed by atoms with van der Waals surface area (Å²) in [4.78, 5) is 27.1. The van der Waals surface area contributed by atoms with Crippen molar-refractivity contribution in [1.29, 1.82) is 0 Å². The molecule has 0 saturated carbocycles. The van der Waals surface area contributed by atoms with E-state index < -0.39 is 35.3 Å². The standard InChI is InChI=1S/C23H17F2NO3/c24-17-11-9-15(10-12-17)21(27)13-23(29)18-6-2-4-8-20(18)26(22(23)28)14-16-5-1-3-7-19(16)25/h1-12,29H,13-14H2/t23-/m0/s1. The first-order valence-electron chi connectivity index (χ1n) is 9.06. The van der Waals surface area contributed by atoms with Crippen LogP contribution >= 0.6 is 0 Å². The summed E-state index contributed by atoms with van der Waals surface area (Å²) in [6.45, 7) is -0.0738. The number of hydrogen-bond donors (Lipinski definition) is 1. The first-order valence-corrected chi connectivity index (χ1v) is 9.06. The maximum Gasteiger partial charge on any atom is 0.264 e. The lowest BCUT2D eigenvalue weighted by Crippen LogP contribution is -2.41. The van der Waals surface area contributed by atoms with Gasteiger partial charge in [0, 0.05) is 16.7 Å². The second-order valence-electron chi connectivity index (χ2n) is 6.97. The molecule has 1 aliphatic rings. The Morgan fingerprint density at radius 1 is 0.931 bits per heavy atom. The zero-order chi connectivity index (χ0) is 20.6. The quantitative estimate of drug-likeness (QED) is 0.668. The molecule has 0 aromatic heterocycles. The zero-order valence-electron chi connectivity index (χ0n) is 15.3. The van der Waals surface area contributed by atoms with E-state index in [9.17, 15) is 23.5 Å². The van der Waals surface area contributed by atoms with Gasteiger partial charge in [-0.1, -0.05) is 36.4 Å². The predicted octanol–water partition coefficient (Wildman–Crippen LogP) is 3.97. The zero-order valence-corrected chi connectivity index (χ0v) is 15.3. The van der Waals surface area contributed by atoms with Gasteiger partial charge in [-0.25, -0.2) is 8.78 Å². The summed E-state index contributed by atoms with van der Waals surface area (Å²) >= 11 is 0. The van der Waals surface area contributed by atoms with E-state index in [0.717, 1.165) is 12.1 Å². The third-order valence-corrected chi connectivity index (χ3v) is 5.11. The number of Topliss-reactive ketones (excluding diaryl/α,β-unsaturated/α-hetero) is 1. The van der Waals surface area contributed by atoms with Gasteiger partial charge in [0.25, 0.3) is 5.91 Å². The predicted molar refractivity (Wildman–Crippen MR) is 103 cm³/mol. The van der Waals surface area contributed by atoms with Crippen LogP contribution in [0.2, 0.25) is 0 Å². The Hall–Kier alpha value is -3.38. The number of ketones is 1. The van der Waals surface area contributed by atoms with Gasteiger partial charge in [-0.05, 0) is 36.4 Å². The number of fused-ring (bicyclic) bond motifs is 1. The number of aliphatic hydroxyl groups is 1. The summed E-state index contributed by atoms with van der Waals surface area (Å²) in [5.41, 5.74) is -0.873. The fraction of sp³-hybridized carbons (Fsp3) is 0.130. The summed E-state index contributed by atoms with van der Waals surface area (Å²) in [5.74, 6) is -2.14. The van der Waals surface area contributed by atoms with Gasteiger partial charge in [0.1, 0.15) is 11.6 Å². The van der Waals surface area contributed by atoms with Gasteiger partial charge in [-0.15, -0.1) is 0 Å². The molecule has 1 atom stereocenters. The number of para-hydroxylation sites is 1. The first-order chi connectivity index (χ1) is 13.9. The van der Waals surface area contributed by atoms with Crippen LogP contribution in [-0.4, -0.2) is 16.8 Å². The number of anilines is 1. The van der Waals surface area contributed by atoms with E-state index in [4.69, 9.17) is 0 Å². The Morgan fingerprint density at radius 3 is 2.31 bits per heavy atom. The topological polar surface area (TPSA) is 57.6 Å². The van der Waals surface area contributed by atoms with Crippen molar-refractivity contribution in [3.05, 3.63) is 101 Å². The number of halogens is 2. The van der Waals surface area contributed by atoms with Crippen molar-refractivity contribution in [2.75, 3.05) is 4.90 Å². The minimum atomic E-state index is -2.08. The summed E-state index contributed by atoms with van der Waals surface area (Å²) in [6, 6.07) is 17.6. The van der Waals surface area contributed by atoms with E-state index in [-0.39, 0.29) is 17.7 Å². The van der Waals surface area contributed by atoms with Crippen molar-refractivity contribution in [3.8, 4) is 0 Å². The van der Waals surface area contributed by atoms with Gasteiger partial charge in [0.15, 0.2) is 11.4 Å². The Kier molecular flexibility index (Phi) is 4.72. The molecule has 29 heavy (non-hydrogen) atoms. The van der Waals surface area contributed by atoms with Gasteiger partial charge in [0.2, 0.25) is 0 Å². The van der Waals surface area contributed by atoms with Gasteiger partial charge >= 0.3 is 0 Å². The van der Waals surface area contributed by atoms with Crippen LogP contribution in [0.15, 0.2) is 72.8 Å². The van der Waals surface area contributed by atoms with Gasteiger partial charge < -0.3 is 10.0 Å². The van der Waals surface area contributed by atoms with Crippen LogP contribution in [0.25, 0.3) is 0 Å². The van der Waals surface area contributed by atoms with Crippen LogP contribution in [0.1, 0.15) is 27.9 Å². The molecule has 146 valence electrons. The first kappa shape index (κ1) is 19.0. The van der Waals surface area contributed by atoms with Crippen LogP contribution < -0.4 is 4.90 Å². The number of hydrogen-bond acceptors (Lipinski definition) is 3. The Labute approximate surface area is 166 Å². The van der Waals surface area contributed by atoms with E-state index in [1.165, 1.54) is 23.1 Å². The van der Waals surface area contributed by atoms with E-state index >= 15 is 0 Å². The molecule has 1 heterocycles. The second kappa shape index (κ2) is 7.22. The van der Waals surface area contributed by atoms with E-state index in [1.807, 2.05) is 0 Å². The van der Waals surface area contributed by atoms with Crippen LogP contribution in [0.3, 0.4) is 0 Å². The number of carbonyl (C=O) groups is 2. The number of carbonyl (C=O) groups excluding carboxylic acids is 2. The minimum absolute atomic E-state index is 0.0738. The van der Waals surface area contributed by atoms with Gasteiger partial charge in [0.05, 0.1) is 18.7 Å². The highest BCUT2D eigenvalue weighted by Gasteiger charge is 2.50. The second-order valence-corrected chi connectivity index (χ2v) is 6.97.